The predicted molar refractivity (Wildman–Crippen MR) is 121 cm³/mol. The van der Waals surface area contributed by atoms with E-state index in [-0.39, 0.29) is 36.2 Å². The number of hydrogen-bond donors (Lipinski definition) is 0. The summed E-state index contributed by atoms with van der Waals surface area (Å²) in [4.78, 5) is 27.2. The van der Waals surface area contributed by atoms with Crippen molar-refractivity contribution in [3.63, 3.8) is 0 Å². The van der Waals surface area contributed by atoms with Crippen LogP contribution in [0.1, 0.15) is 35.1 Å². The number of carbonyl (C=O) groups excluding carboxylic acids is 1. The number of ether oxygens (including phenoxy) is 1. The quantitative estimate of drug-likeness (QED) is 0.453. The number of nitrogens with zero attached hydrogens (tertiary/aromatic N) is 6. The Labute approximate surface area is 190 Å². The standard InChI is InChI=1S/C24H24N6O3/c31-22-12-11-20(27-30(22)15-16-33-19-8-2-1-3-9-19)24(32)28-13-6-7-18(17-28)23-26-25-21-10-4-5-14-29(21)23/h1-5,8-12,14,18H,6-7,13,15-17H2/t18-/m0/s1. The molecule has 4 aromatic rings. The van der Waals surface area contributed by atoms with Crippen molar-refractivity contribution in [3.05, 3.63) is 88.7 Å². The molecule has 9 nitrogen and oxygen atoms in total. The van der Waals surface area contributed by atoms with E-state index in [0.717, 1.165) is 30.1 Å². The number of hydrogen-bond acceptors (Lipinski definition) is 6. The van der Waals surface area contributed by atoms with Crippen LogP contribution in [0.25, 0.3) is 5.65 Å². The monoisotopic (exact) mass is 444 g/mol. The summed E-state index contributed by atoms with van der Waals surface area (Å²) in [6.07, 6.45) is 3.74. The number of benzene rings is 1. The van der Waals surface area contributed by atoms with Crippen molar-refractivity contribution >= 4 is 11.6 Å². The number of carbonyl (C=O) groups is 1. The zero-order valence-electron chi connectivity index (χ0n) is 18.1. The van der Waals surface area contributed by atoms with Crippen LogP contribution in [0.4, 0.5) is 0 Å². The van der Waals surface area contributed by atoms with Crippen LogP contribution in [-0.2, 0) is 6.54 Å². The topological polar surface area (TPSA) is 94.6 Å². The maximum atomic E-state index is 13.2. The van der Waals surface area contributed by atoms with Crippen LogP contribution in [0.3, 0.4) is 0 Å². The summed E-state index contributed by atoms with van der Waals surface area (Å²) in [5.41, 5.74) is 0.776. The summed E-state index contributed by atoms with van der Waals surface area (Å²) < 4.78 is 8.92. The minimum absolute atomic E-state index is 0.0882. The number of piperidine rings is 1. The lowest BCUT2D eigenvalue weighted by Gasteiger charge is -2.31. The molecule has 0 N–H and O–H groups in total. The number of amides is 1. The van der Waals surface area contributed by atoms with Gasteiger partial charge in [-0.05, 0) is 43.2 Å². The van der Waals surface area contributed by atoms with Crippen LogP contribution in [-0.4, -0.2) is 54.9 Å². The van der Waals surface area contributed by atoms with Gasteiger partial charge in [0.05, 0.1) is 6.54 Å². The Morgan fingerprint density at radius 2 is 1.88 bits per heavy atom. The molecule has 9 heteroatoms. The molecule has 3 aromatic heterocycles. The lowest BCUT2D eigenvalue weighted by atomic mass is 9.97. The molecule has 168 valence electrons. The third kappa shape index (κ3) is 4.48. The van der Waals surface area contributed by atoms with Crippen molar-refractivity contribution in [2.45, 2.75) is 25.3 Å². The summed E-state index contributed by atoms with van der Waals surface area (Å²) in [6, 6.07) is 18.0. The summed E-state index contributed by atoms with van der Waals surface area (Å²) in [6.45, 7) is 1.71. The molecule has 4 heterocycles. The van der Waals surface area contributed by atoms with Crippen LogP contribution in [0.2, 0.25) is 0 Å². The van der Waals surface area contributed by atoms with Gasteiger partial charge in [-0.1, -0.05) is 24.3 Å². The van der Waals surface area contributed by atoms with Crippen molar-refractivity contribution in [3.8, 4) is 5.75 Å². The molecular formula is C24H24N6O3. The van der Waals surface area contributed by atoms with E-state index in [9.17, 15) is 9.59 Å². The molecular weight excluding hydrogens is 420 g/mol. The fourth-order valence-electron chi connectivity index (χ4n) is 4.16. The van der Waals surface area contributed by atoms with E-state index in [1.807, 2.05) is 59.1 Å². The van der Waals surface area contributed by atoms with Crippen molar-refractivity contribution in [1.29, 1.82) is 0 Å². The molecule has 0 radical (unpaired) electrons. The maximum absolute atomic E-state index is 13.2. The summed E-state index contributed by atoms with van der Waals surface area (Å²) in [7, 11) is 0. The minimum atomic E-state index is -0.269. The Bertz CT molecular complexity index is 1320. The molecule has 0 saturated carbocycles. The van der Waals surface area contributed by atoms with Crippen molar-refractivity contribution in [1.82, 2.24) is 29.3 Å². The van der Waals surface area contributed by atoms with E-state index in [1.165, 1.54) is 16.8 Å². The average molecular weight is 444 g/mol. The van der Waals surface area contributed by atoms with Crippen molar-refractivity contribution in [2.75, 3.05) is 19.7 Å². The fourth-order valence-corrected chi connectivity index (χ4v) is 4.16. The highest BCUT2D eigenvalue weighted by molar-refractivity contribution is 5.92. The van der Waals surface area contributed by atoms with Crippen LogP contribution in [0, 0.1) is 0 Å². The van der Waals surface area contributed by atoms with Crippen LogP contribution in [0.15, 0.2) is 71.7 Å². The molecule has 1 saturated heterocycles. The van der Waals surface area contributed by atoms with Crippen LogP contribution >= 0.6 is 0 Å². The van der Waals surface area contributed by atoms with Gasteiger partial charge in [-0.15, -0.1) is 10.2 Å². The Morgan fingerprint density at radius 3 is 2.76 bits per heavy atom. The summed E-state index contributed by atoms with van der Waals surface area (Å²) in [5.74, 6) is 1.48. The molecule has 0 aliphatic carbocycles. The van der Waals surface area contributed by atoms with Gasteiger partial charge in [0.25, 0.3) is 11.5 Å². The highest BCUT2D eigenvalue weighted by atomic mass is 16.5. The molecule has 1 amide bonds. The first kappa shape index (κ1) is 20.9. The number of para-hydroxylation sites is 1. The third-order valence-corrected chi connectivity index (χ3v) is 5.81. The van der Waals surface area contributed by atoms with Crippen LogP contribution < -0.4 is 10.3 Å². The molecule has 0 spiro atoms. The number of rotatable bonds is 6. The Morgan fingerprint density at radius 1 is 1.03 bits per heavy atom. The van der Waals surface area contributed by atoms with Gasteiger partial charge in [0.2, 0.25) is 0 Å². The van der Waals surface area contributed by atoms with Gasteiger partial charge in [-0.3, -0.25) is 14.0 Å². The zero-order valence-corrected chi connectivity index (χ0v) is 18.1. The van der Waals surface area contributed by atoms with E-state index >= 15 is 0 Å². The largest absolute Gasteiger partial charge is 0.492 e. The molecule has 1 atom stereocenters. The molecule has 1 aliphatic rings. The average Bonchev–Trinajstić information content (AvgIpc) is 3.30. The van der Waals surface area contributed by atoms with Gasteiger partial charge in [-0.25, -0.2) is 4.68 Å². The molecule has 1 aliphatic heterocycles. The summed E-state index contributed by atoms with van der Waals surface area (Å²) >= 11 is 0. The second-order valence-corrected chi connectivity index (χ2v) is 8.02. The number of pyridine rings is 1. The smallest absolute Gasteiger partial charge is 0.274 e. The highest BCUT2D eigenvalue weighted by Crippen LogP contribution is 2.26. The molecule has 1 aromatic carbocycles. The van der Waals surface area contributed by atoms with Crippen molar-refractivity contribution < 1.29 is 9.53 Å². The van der Waals surface area contributed by atoms with Gasteiger partial charge in [0, 0.05) is 31.3 Å². The first-order valence-electron chi connectivity index (χ1n) is 11.0. The lowest BCUT2D eigenvalue weighted by Crippen LogP contribution is -2.40. The van der Waals surface area contributed by atoms with Gasteiger partial charge in [0.1, 0.15) is 23.9 Å². The van der Waals surface area contributed by atoms with Crippen LogP contribution in [0.5, 0.6) is 5.75 Å². The lowest BCUT2D eigenvalue weighted by molar-refractivity contribution is 0.0694. The van der Waals surface area contributed by atoms with E-state index in [0.29, 0.717) is 13.1 Å². The summed E-state index contributed by atoms with van der Waals surface area (Å²) in [5, 5.41) is 12.9. The number of fused-ring (bicyclic) bond motifs is 1. The van der Waals surface area contributed by atoms with Gasteiger partial charge >= 0.3 is 0 Å². The van der Waals surface area contributed by atoms with Crippen molar-refractivity contribution in [2.24, 2.45) is 0 Å². The van der Waals surface area contributed by atoms with E-state index in [2.05, 4.69) is 15.3 Å². The molecule has 5 rings (SSSR count). The van der Waals surface area contributed by atoms with E-state index in [1.54, 1.807) is 4.90 Å². The van der Waals surface area contributed by atoms with Gasteiger partial charge in [0.15, 0.2) is 5.65 Å². The second kappa shape index (κ2) is 9.23. The predicted octanol–water partition coefficient (Wildman–Crippen LogP) is 2.38. The highest BCUT2D eigenvalue weighted by Gasteiger charge is 2.29. The first-order chi connectivity index (χ1) is 16.2. The first-order valence-corrected chi connectivity index (χ1v) is 11.0. The fraction of sp³-hybridized carbons (Fsp3) is 0.292. The maximum Gasteiger partial charge on any atom is 0.274 e. The minimum Gasteiger partial charge on any atom is -0.492 e. The van der Waals surface area contributed by atoms with E-state index < -0.39 is 0 Å². The normalized spacial score (nSPS) is 16.1. The van der Waals surface area contributed by atoms with E-state index in [4.69, 9.17) is 4.74 Å². The molecule has 0 unspecified atom stereocenters. The molecule has 33 heavy (non-hydrogen) atoms. The molecule has 1 fully saturated rings. The Balaban J connectivity index is 1.28. The second-order valence-electron chi connectivity index (χ2n) is 8.02. The third-order valence-electron chi connectivity index (χ3n) is 5.81. The van der Waals surface area contributed by atoms with Gasteiger partial charge in [-0.2, -0.15) is 5.10 Å². The Hall–Kier alpha value is -4.01. The number of likely N-dealkylation sites (tertiary alicyclic amines) is 1. The number of aromatic nitrogens is 5. The molecule has 0 bridgehead atoms. The Kier molecular flexibility index (Phi) is 5.84. The van der Waals surface area contributed by atoms with Gasteiger partial charge < -0.3 is 9.64 Å². The zero-order chi connectivity index (χ0) is 22.6. The SMILES string of the molecule is O=C(c1ccc(=O)n(CCOc2ccccc2)n1)N1CCC[C@H](c2nnc3ccccn23)C1.